The second-order valence-electron chi connectivity index (χ2n) is 4.87. The summed E-state index contributed by atoms with van der Waals surface area (Å²) in [6, 6.07) is 5.83. The smallest absolute Gasteiger partial charge is 0.379 e. The van der Waals surface area contributed by atoms with Crippen LogP contribution in [0.2, 0.25) is 0 Å². The Balaban J connectivity index is 0.00000161. The Hall–Kier alpha value is -1.56. The van der Waals surface area contributed by atoms with E-state index in [1.807, 2.05) is 25.1 Å². The van der Waals surface area contributed by atoms with Gasteiger partial charge in [0.2, 0.25) is 5.75 Å². The average molecular weight is 312 g/mol. The van der Waals surface area contributed by atoms with Crippen LogP contribution in [0.4, 0.5) is 0 Å². The highest BCUT2D eigenvalue weighted by atomic mass is 35.5. The van der Waals surface area contributed by atoms with E-state index in [1.165, 1.54) is 7.11 Å². The lowest BCUT2D eigenvalue weighted by Gasteiger charge is -2.24. The predicted octanol–water partition coefficient (Wildman–Crippen LogP) is 2.19. The third-order valence-corrected chi connectivity index (χ3v) is 3.64. The van der Waals surface area contributed by atoms with Crippen molar-refractivity contribution in [3.63, 3.8) is 0 Å². The SMILES string of the molecule is COc1c(C)c2ccc(C3CNCCO3)cc2oc1=O.Cl. The van der Waals surface area contributed by atoms with Gasteiger partial charge in [-0.15, -0.1) is 12.4 Å². The van der Waals surface area contributed by atoms with Crippen LogP contribution in [0.1, 0.15) is 17.2 Å². The monoisotopic (exact) mass is 311 g/mol. The molecule has 0 amide bonds. The molecule has 0 saturated carbocycles. The second-order valence-corrected chi connectivity index (χ2v) is 4.87. The molecule has 1 aromatic heterocycles. The Morgan fingerprint density at radius 2 is 2.19 bits per heavy atom. The number of nitrogens with one attached hydrogen (secondary N) is 1. The largest absolute Gasteiger partial charge is 0.490 e. The maximum absolute atomic E-state index is 11.8. The van der Waals surface area contributed by atoms with Crippen molar-refractivity contribution in [3.05, 3.63) is 39.7 Å². The van der Waals surface area contributed by atoms with Crippen LogP contribution >= 0.6 is 12.4 Å². The summed E-state index contributed by atoms with van der Waals surface area (Å²) in [7, 11) is 1.47. The number of hydrogen-bond donors (Lipinski definition) is 1. The zero-order chi connectivity index (χ0) is 14.1. The zero-order valence-electron chi connectivity index (χ0n) is 12.0. The van der Waals surface area contributed by atoms with E-state index in [0.717, 1.165) is 29.6 Å². The molecule has 1 saturated heterocycles. The number of hydrogen-bond acceptors (Lipinski definition) is 5. The lowest BCUT2D eigenvalue weighted by Crippen LogP contribution is -2.33. The number of benzene rings is 1. The number of morpholine rings is 1. The summed E-state index contributed by atoms with van der Waals surface area (Å²) < 4.78 is 16.1. The third-order valence-electron chi connectivity index (χ3n) is 3.64. The second kappa shape index (κ2) is 6.47. The number of methoxy groups -OCH3 is 1. The highest BCUT2D eigenvalue weighted by Gasteiger charge is 2.18. The molecule has 1 aromatic carbocycles. The van der Waals surface area contributed by atoms with Gasteiger partial charge in [-0.2, -0.15) is 0 Å². The van der Waals surface area contributed by atoms with Crippen molar-refractivity contribution in [1.29, 1.82) is 0 Å². The Morgan fingerprint density at radius 1 is 1.38 bits per heavy atom. The van der Waals surface area contributed by atoms with E-state index in [1.54, 1.807) is 0 Å². The van der Waals surface area contributed by atoms with Gasteiger partial charge in [0.05, 0.1) is 19.8 Å². The van der Waals surface area contributed by atoms with E-state index in [2.05, 4.69) is 5.32 Å². The van der Waals surface area contributed by atoms with Crippen molar-refractivity contribution in [2.45, 2.75) is 13.0 Å². The van der Waals surface area contributed by atoms with Gasteiger partial charge in [-0.05, 0) is 18.6 Å². The summed E-state index contributed by atoms with van der Waals surface area (Å²) in [5, 5.41) is 4.17. The molecule has 114 valence electrons. The summed E-state index contributed by atoms with van der Waals surface area (Å²) in [5.74, 6) is 0.265. The topological polar surface area (TPSA) is 60.7 Å². The molecule has 0 radical (unpaired) electrons. The van der Waals surface area contributed by atoms with Crippen molar-refractivity contribution >= 4 is 23.4 Å². The van der Waals surface area contributed by atoms with Crippen LogP contribution in [-0.2, 0) is 4.74 Å². The van der Waals surface area contributed by atoms with Crippen LogP contribution in [-0.4, -0.2) is 26.8 Å². The molecule has 1 atom stereocenters. The lowest BCUT2D eigenvalue weighted by atomic mass is 10.0. The molecule has 0 bridgehead atoms. The molecule has 6 heteroatoms. The molecule has 1 fully saturated rings. The minimum Gasteiger partial charge on any atom is -0.490 e. The van der Waals surface area contributed by atoms with E-state index in [-0.39, 0.29) is 24.3 Å². The standard InChI is InChI=1S/C15H17NO4.ClH/c1-9-11-4-3-10(13-8-16-5-6-19-13)7-12(11)20-15(17)14(9)18-2;/h3-4,7,13,16H,5-6,8H2,1-2H3;1H. The zero-order valence-corrected chi connectivity index (χ0v) is 12.8. The first kappa shape index (κ1) is 15.8. The lowest BCUT2D eigenvalue weighted by molar-refractivity contribution is 0.0277. The normalized spacial score (nSPS) is 18.3. The fraction of sp³-hybridized carbons (Fsp3) is 0.400. The summed E-state index contributed by atoms with van der Waals surface area (Å²) >= 11 is 0. The van der Waals surface area contributed by atoms with Crippen LogP contribution in [0.15, 0.2) is 27.4 Å². The number of ether oxygens (including phenoxy) is 2. The number of fused-ring (bicyclic) bond motifs is 1. The number of rotatable bonds is 2. The van der Waals surface area contributed by atoms with Crippen LogP contribution in [0.3, 0.4) is 0 Å². The van der Waals surface area contributed by atoms with Crippen molar-refractivity contribution in [1.82, 2.24) is 5.32 Å². The van der Waals surface area contributed by atoms with Gasteiger partial charge < -0.3 is 19.2 Å². The van der Waals surface area contributed by atoms with Crippen molar-refractivity contribution in [3.8, 4) is 5.75 Å². The van der Waals surface area contributed by atoms with Gasteiger partial charge in [0.25, 0.3) is 0 Å². The molecule has 1 aliphatic heterocycles. The molecule has 5 nitrogen and oxygen atoms in total. The fourth-order valence-corrected chi connectivity index (χ4v) is 2.57. The van der Waals surface area contributed by atoms with Crippen molar-refractivity contribution < 1.29 is 13.9 Å². The minimum absolute atomic E-state index is 0. The summed E-state index contributed by atoms with van der Waals surface area (Å²) in [5.41, 5.74) is 1.93. The van der Waals surface area contributed by atoms with E-state index in [0.29, 0.717) is 12.2 Å². The van der Waals surface area contributed by atoms with Gasteiger partial charge in [-0.3, -0.25) is 0 Å². The molecule has 2 heterocycles. The van der Waals surface area contributed by atoms with Gasteiger partial charge in [0.15, 0.2) is 0 Å². The first-order valence-corrected chi connectivity index (χ1v) is 6.64. The van der Waals surface area contributed by atoms with E-state index in [9.17, 15) is 4.79 Å². The molecule has 0 spiro atoms. The van der Waals surface area contributed by atoms with Crippen molar-refractivity contribution in [2.75, 3.05) is 26.8 Å². The highest BCUT2D eigenvalue weighted by molar-refractivity contribution is 5.85. The molecule has 1 unspecified atom stereocenters. The Labute approximate surface area is 128 Å². The third kappa shape index (κ3) is 2.90. The summed E-state index contributed by atoms with van der Waals surface area (Å²) in [6.07, 6.45) is 0.000796. The Kier molecular flexibility index (Phi) is 4.88. The average Bonchev–Trinajstić information content (AvgIpc) is 2.48. The van der Waals surface area contributed by atoms with Crippen LogP contribution in [0.5, 0.6) is 5.75 Å². The first-order chi connectivity index (χ1) is 9.70. The van der Waals surface area contributed by atoms with Gasteiger partial charge in [-0.25, -0.2) is 4.79 Å². The van der Waals surface area contributed by atoms with Gasteiger partial charge in [0.1, 0.15) is 5.58 Å². The Bertz CT molecular complexity index is 692. The van der Waals surface area contributed by atoms with Gasteiger partial charge in [-0.1, -0.05) is 12.1 Å². The van der Waals surface area contributed by atoms with Crippen LogP contribution in [0, 0.1) is 6.92 Å². The van der Waals surface area contributed by atoms with E-state index < -0.39 is 5.63 Å². The number of halogens is 1. The van der Waals surface area contributed by atoms with Gasteiger partial charge in [0, 0.05) is 24.0 Å². The molecule has 0 aliphatic carbocycles. The van der Waals surface area contributed by atoms with Crippen molar-refractivity contribution in [2.24, 2.45) is 0 Å². The molecular weight excluding hydrogens is 294 g/mol. The molecular formula is C15H18ClNO4. The first-order valence-electron chi connectivity index (χ1n) is 6.64. The Morgan fingerprint density at radius 3 is 2.86 bits per heavy atom. The van der Waals surface area contributed by atoms with Crippen LogP contribution < -0.4 is 15.7 Å². The molecule has 2 aromatic rings. The van der Waals surface area contributed by atoms with E-state index in [4.69, 9.17) is 13.9 Å². The highest BCUT2D eigenvalue weighted by Crippen LogP contribution is 2.27. The number of aryl methyl sites for hydroxylation is 1. The summed E-state index contributed by atoms with van der Waals surface area (Å²) in [4.78, 5) is 11.8. The molecule has 3 rings (SSSR count). The predicted molar refractivity (Wildman–Crippen MR) is 82.6 cm³/mol. The maximum atomic E-state index is 11.8. The molecule has 1 aliphatic rings. The minimum atomic E-state index is -0.447. The van der Waals surface area contributed by atoms with E-state index >= 15 is 0 Å². The summed E-state index contributed by atoms with van der Waals surface area (Å²) in [6.45, 7) is 4.19. The van der Waals surface area contributed by atoms with Gasteiger partial charge >= 0.3 is 5.63 Å². The quantitative estimate of drug-likeness (QED) is 0.862. The maximum Gasteiger partial charge on any atom is 0.379 e. The molecule has 21 heavy (non-hydrogen) atoms. The van der Waals surface area contributed by atoms with Crippen LogP contribution in [0.25, 0.3) is 11.0 Å². The molecule has 1 N–H and O–H groups in total. The fourth-order valence-electron chi connectivity index (χ4n) is 2.57.